The summed E-state index contributed by atoms with van der Waals surface area (Å²) in [6.07, 6.45) is 8.33. The Morgan fingerprint density at radius 2 is 1.73 bits per heavy atom. The summed E-state index contributed by atoms with van der Waals surface area (Å²) < 4.78 is 6.03. The molecule has 0 aromatic heterocycles. The van der Waals surface area contributed by atoms with Gasteiger partial charge in [-0.2, -0.15) is 0 Å². The van der Waals surface area contributed by atoms with E-state index in [-0.39, 0.29) is 24.0 Å². The number of piperazine rings is 1. The molecule has 154 valence electrons. The molecule has 1 unspecified atom stereocenters. The highest BCUT2D eigenvalue weighted by Crippen LogP contribution is 2.19. The second-order valence-corrected chi connectivity index (χ2v) is 7.55. The zero-order chi connectivity index (χ0) is 17.9. The van der Waals surface area contributed by atoms with E-state index in [1.165, 1.54) is 38.5 Å². The SMILES string of the molecule is CN=C(NCCOC1CCCCCC1)NCC(C)N1CCN(C)CC1.I. The highest BCUT2D eigenvalue weighted by Gasteiger charge is 2.19. The van der Waals surface area contributed by atoms with Crippen molar-refractivity contribution in [3.05, 3.63) is 0 Å². The van der Waals surface area contributed by atoms with E-state index >= 15 is 0 Å². The number of rotatable bonds is 7. The van der Waals surface area contributed by atoms with Gasteiger partial charge in [-0.15, -0.1) is 24.0 Å². The van der Waals surface area contributed by atoms with Gasteiger partial charge in [-0.1, -0.05) is 25.7 Å². The Labute approximate surface area is 177 Å². The molecule has 1 heterocycles. The Balaban J connectivity index is 0.00000338. The number of aliphatic imine (C=N–C) groups is 1. The molecule has 0 bridgehead atoms. The molecule has 0 radical (unpaired) electrons. The normalized spacial score (nSPS) is 22.3. The summed E-state index contributed by atoms with van der Waals surface area (Å²) in [5.74, 6) is 0.880. The molecule has 1 atom stereocenters. The van der Waals surface area contributed by atoms with Crippen LogP contribution in [0.5, 0.6) is 0 Å². The second kappa shape index (κ2) is 14.0. The molecule has 1 aliphatic heterocycles. The number of ether oxygens (including phenoxy) is 1. The Hall–Kier alpha value is -0.120. The van der Waals surface area contributed by atoms with E-state index in [0.717, 1.165) is 51.8 Å². The average Bonchev–Trinajstić information content (AvgIpc) is 2.90. The van der Waals surface area contributed by atoms with Crippen LogP contribution in [0.25, 0.3) is 0 Å². The molecule has 2 rings (SSSR count). The maximum Gasteiger partial charge on any atom is 0.191 e. The number of halogens is 1. The van der Waals surface area contributed by atoms with Crippen LogP contribution in [0.2, 0.25) is 0 Å². The lowest BCUT2D eigenvalue weighted by atomic mass is 10.1. The smallest absolute Gasteiger partial charge is 0.191 e. The van der Waals surface area contributed by atoms with E-state index in [1.54, 1.807) is 0 Å². The van der Waals surface area contributed by atoms with Crippen LogP contribution in [-0.2, 0) is 4.74 Å². The third kappa shape index (κ3) is 9.19. The molecular weight excluding hydrogens is 441 g/mol. The lowest BCUT2D eigenvalue weighted by molar-refractivity contribution is 0.0468. The van der Waals surface area contributed by atoms with E-state index in [0.29, 0.717) is 12.1 Å². The maximum atomic E-state index is 6.03. The Kier molecular flexibility index (Phi) is 12.8. The van der Waals surface area contributed by atoms with Crippen LogP contribution in [0.15, 0.2) is 4.99 Å². The van der Waals surface area contributed by atoms with Gasteiger partial charge in [0.25, 0.3) is 0 Å². The fraction of sp³-hybridized carbons (Fsp3) is 0.947. The van der Waals surface area contributed by atoms with Gasteiger partial charge < -0.3 is 20.3 Å². The van der Waals surface area contributed by atoms with Gasteiger partial charge in [0.15, 0.2) is 5.96 Å². The highest BCUT2D eigenvalue weighted by atomic mass is 127. The van der Waals surface area contributed by atoms with Crippen molar-refractivity contribution in [3.63, 3.8) is 0 Å². The predicted octanol–water partition coefficient (Wildman–Crippen LogP) is 2.14. The summed E-state index contributed by atoms with van der Waals surface area (Å²) in [6.45, 7) is 9.43. The standard InChI is InChI=1S/C19H39N5O.HI/c1-17(24-13-11-23(3)12-14-24)16-22-19(20-2)21-10-15-25-18-8-6-4-5-7-9-18;/h17-18H,4-16H2,1-3H3,(H2,20,21,22);1H. The molecule has 0 aromatic carbocycles. The first-order valence-corrected chi connectivity index (χ1v) is 10.2. The van der Waals surface area contributed by atoms with Gasteiger partial charge >= 0.3 is 0 Å². The molecule has 0 aromatic rings. The minimum atomic E-state index is 0. The van der Waals surface area contributed by atoms with Gasteiger partial charge in [-0.3, -0.25) is 9.89 Å². The summed E-state index contributed by atoms with van der Waals surface area (Å²) in [5.41, 5.74) is 0. The van der Waals surface area contributed by atoms with Gasteiger partial charge in [0.1, 0.15) is 0 Å². The van der Waals surface area contributed by atoms with Gasteiger partial charge in [0, 0.05) is 52.4 Å². The minimum Gasteiger partial charge on any atom is -0.376 e. The van der Waals surface area contributed by atoms with E-state index < -0.39 is 0 Å². The van der Waals surface area contributed by atoms with Gasteiger partial charge in [0.05, 0.1) is 12.7 Å². The van der Waals surface area contributed by atoms with Crippen LogP contribution in [-0.4, -0.2) is 87.9 Å². The molecule has 26 heavy (non-hydrogen) atoms. The zero-order valence-electron chi connectivity index (χ0n) is 17.0. The largest absolute Gasteiger partial charge is 0.376 e. The highest BCUT2D eigenvalue weighted by molar-refractivity contribution is 14.0. The van der Waals surface area contributed by atoms with Crippen molar-refractivity contribution in [2.45, 2.75) is 57.6 Å². The van der Waals surface area contributed by atoms with E-state index in [9.17, 15) is 0 Å². The fourth-order valence-electron chi connectivity index (χ4n) is 3.66. The summed E-state index contributed by atoms with van der Waals surface area (Å²) >= 11 is 0. The van der Waals surface area contributed by atoms with Crippen molar-refractivity contribution in [3.8, 4) is 0 Å². The summed E-state index contributed by atoms with van der Waals surface area (Å²) in [4.78, 5) is 9.27. The number of guanidine groups is 1. The first kappa shape index (κ1) is 23.9. The molecule has 1 aliphatic carbocycles. The third-order valence-corrected chi connectivity index (χ3v) is 5.50. The van der Waals surface area contributed by atoms with Gasteiger partial charge in [0.2, 0.25) is 0 Å². The lowest BCUT2D eigenvalue weighted by Gasteiger charge is -2.36. The van der Waals surface area contributed by atoms with E-state index in [1.807, 2.05) is 7.05 Å². The molecule has 2 fully saturated rings. The van der Waals surface area contributed by atoms with Crippen LogP contribution in [0.3, 0.4) is 0 Å². The predicted molar refractivity (Wildman–Crippen MR) is 121 cm³/mol. The number of hydrogen-bond donors (Lipinski definition) is 2. The molecule has 0 amide bonds. The fourth-order valence-corrected chi connectivity index (χ4v) is 3.66. The third-order valence-electron chi connectivity index (χ3n) is 5.50. The Bertz CT molecular complexity index is 380. The van der Waals surface area contributed by atoms with Gasteiger partial charge in [-0.05, 0) is 26.8 Å². The molecule has 6 nitrogen and oxygen atoms in total. The first-order valence-electron chi connectivity index (χ1n) is 10.2. The quantitative estimate of drug-likeness (QED) is 0.192. The lowest BCUT2D eigenvalue weighted by Crippen LogP contribution is -2.52. The minimum absolute atomic E-state index is 0. The van der Waals surface area contributed by atoms with Crippen LogP contribution in [0.1, 0.15) is 45.4 Å². The molecule has 1 saturated carbocycles. The summed E-state index contributed by atoms with van der Waals surface area (Å²) in [5, 5.41) is 6.83. The molecule has 2 N–H and O–H groups in total. The zero-order valence-corrected chi connectivity index (χ0v) is 19.3. The van der Waals surface area contributed by atoms with Gasteiger partial charge in [-0.25, -0.2) is 0 Å². The van der Waals surface area contributed by atoms with Crippen molar-refractivity contribution in [2.24, 2.45) is 4.99 Å². The second-order valence-electron chi connectivity index (χ2n) is 7.55. The topological polar surface area (TPSA) is 52.1 Å². The van der Waals surface area contributed by atoms with Crippen molar-refractivity contribution < 1.29 is 4.74 Å². The number of nitrogens with one attached hydrogen (secondary N) is 2. The van der Waals surface area contributed by atoms with Crippen molar-refractivity contribution in [1.29, 1.82) is 0 Å². The van der Waals surface area contributed by atoms with Crippen molar-refractivity contribution >= 4 is 29.9 Å². The monoisotopic (exact) mass is 481 g/mol. The van der Waals surface area contributed by atoms with Crippen LogP contribution in [0, 0.1) is 0 Å². The van der Waals surface area contributed by atoms with E-state index in [2.05, 4.69) is 39.4 Å². The van der Waals surface area contributed by atoms with Crippen LogP contribution in [0.4, 0.5) is 0 Å². The molecule has 2 aliphatic rings. The van der Waals surface area contributed by atoms with Crippen LogP contribution >= 0.6 is 24.0 Å². The molecular formula is C19H40IN5O. The number of likely N-dealkylation sites (N-methyl/N-ethyl adjacent to an activating group) is 1. The van der Waals surface area contributed by atoms with Crippen molar-refractivity contribution in [2.75, 3.05) is 60.0 Å². The van der Waals surface area contributed by atoms with Crippen LogP contribution < -0.4 is 10.6 Å². The maximum absolute atomic E-state index is 6.03. The van der Waals surface area contributed by atoms with Crippen molar-refractivity contribution in [1.82, 2.24) is 20.4 Å². The first-order chi connectivity index (χ1) is 12.2. The van der Waals surface area contributed by atoms with E-state index in [4.69, 9.17) is 4.74 Å². The Morgan fingerprint density at radius 1 is 1.08 bits per heavy atom. The molecule has 1 saturated heterocycles. The molecule has 7 heteroatoms. The summed E-state index contributed by atoms with van der Waals surface area (Å²) in [6, 6.07) is 0.523. The average molecular weight is 481 g/mol. The number of nitrogens with zero attached hydrogens (tertiary/aromatic N) is 3. The summed E-state index contributed by atoms with van der Waals surface area (Å²) in [7, 11) is 4.03. The molecule has 0 spiro atoms. The Morgan fingerprint density at radius 3 is 2.35 bits per heavy atom. The number of hydrogen-bond acceptors (Lipinski definition) is 4.